The van der Waals surface area contributed by atoms with Crippen LogP contribution in [0.2, 0.25) is 0 Å². The molecular weight excluding hydrogens is 589 g/mol. The topological polar surface area (TPSA) is 0 Å². The van der Waals surface area contributed by atoms with Crippen molar-refractivity contribution < 1.29 is 0 Å². The van der Waals surface area contributed by atoms with Crippen molar-refractivity contribution in [2.75, 3.05) is 0 Å². The first kappa shape index (κ1) is 30.4. The minimum atomic E-state index is -0.115. The molecule has 242 valence electrons. The van der Waals surface area contributed by atoms with E-state index in [2.05, 4.69) is 166 Å². The molecule has 6 aromatic rings. The van der Waals surface area contributed by atoms with Crippen molar-refractivity contribution in [1.82, 2.24) is 0 Å². The van der Waals surface area contributed by atoms with Crippen LogP contribution in [0, 0.1) is 27.7 Å². The summed E-state index contributed by atoms with van der Waals surface area (Å²) in [6.45, 7) is 23.6. The molecule has 0 fully saturated rings. The summed E-state index contributed by atoms with van der Waals surface area (Å²) in [5, 5.41) is 0. The molecule has 9 rings (SSSR count). The van der Waals surface area contributed by atoms with E-state index in [1.807, 2.05) is 0 Å². The zero-order chi connectivity index (χ0) is 34.4. The molecule has 0 spiro atoms. The van der Waals surface area contributed by atoms with Gasteiger partial charge in [-0.15, -0.1) is 0 Å². The van der Waals surface area contributed by atoms with Crippen LogP contribution in [0.15, 0.2) is 97.1 Å². The quantitative estimate of drug-likeness (QED) is 0.178. The van der Waals surface area contributed by atoms with E-state index in [-0.39, 0.29) is 16.2 Å². The standard InChI is InChI=1S/C49H46/c1-27-19-37-31-15-11-13-17-41(31)47(5,6)43(37)23-33(27)35-25-45-39(21-29(35)3)40-22-30(4)36(26-46(40)49(45,9)10)34-24-44-38(20-28(34)2)32-16-12-14-18-42(32)48(44,7)8/h11-26H,1-10H3. The van der Waals surface area contributed by atoms with Crippen molar-refractivity contribution in [2.45, 2.75) is 85.5 Å². The van der Waals surface area contributed by atoms with Crippen molar-refractivity contribution in [3.05, 3.63) is 153 Å². The lowest BCUT2D eigenvalue weighted by atomic mass is 9.78. The first-order chi connectivity index (χ1) is 23.2. The van der Waals surface area contributed by atoms with E-state index in [0.29, 0.717) is 0 Å². The van der Waals surface area contributed by atoms with Gasteiger partial charge >= 0.3 is 0 Å². The van der Waals surface area contributed by atoms with Gasteiger partial charge in [-0.3, -0.25) is 0 Å². The lowest BCUT2D eigenvalue weighted by Gasteiger charge is -2.25. The summed E-state index contributed by atoms with van der Waals surface area (Å²) in [6.07, 6.45) is 0. The second kappa shape index (κ2) is 9.72. The minimum Gasteiger partial charge on any atom is -0.0619 e. The second-order valence-electron chi connectivity index (χ2n) is 16.8. The third-order valence-electron chi connectivity index (χ3n) is 12.8. The van der Waals surface area contributed by atoms with Crippen LogP contribution in [0.5, 0.6) is 0 Å². The first-order valence-corrected chi connectivity index (χ1v) is 18.0. The van der Waals surface area contributed by atoms with Crippen LogP contribution in [-0.2, 0) is 16.2 Å². The monoisotopic (exact) mass is 634 g/mol. The van der Waals surface area contributed by atoms with Crippen LogP contribution >= 0.6 is 0 Å². The zero-order valence-electron chi connectivity index (χ0n) is 30.7. The lowest BCUT2D eigenvalue weighted by molar-refractivity contribution is 0.659. The molecule has 0 amide bonds. The fraction of sp³-hybridized carbons (Fsp3) is 0.265. The van der Waals surface area contributed by atoms with E-state index in [9.17, 15) is 0 Å². The Morgan fingerprint density at radius 2 is 0.510 bits per heavy atom. The van der Waals surface area contributed by atoms with Crippen LogP contribution in [0.1, 0.15) is 97.2 Å². The third-order valence-corrected chi connectivity index (χ3v) is 12.8. The van der Waals surface area contributed by atoms with E-state index in [1.54, 1.807) is 0 Å². The van der Waals surface area contributed by atoms with Crippen LogP contribution in [0.25, 0.3) is 55.6 Å². The van der Waals surface area contributed by atoms with Gasteiger partial charge in [-0.1, -0.05) is 114 Å². The molecule has 49 heavy (non-hydrogen) atoms. The molecule has 0 heteroatoms. The Morgan fingerprint density at radius 3 is 0.816 bits per heavy atom. The Bertz CT molecular complexity index is 2270. The van der Waals surface area contributed by atoms with Gasteiger partial charge in [-0.05, 0) is 163 Å². The molecule has 0 radical (unpaired) electrons. The highest BCUT2D eigenvalue weighted by Gasteiger charge is 2.40. The Balaban J connectivity index is 1.17. The SMILES string of the molecule is Cc1cc2c(cc1-c1cc3c(cc1C)-c1cc(C)c(-c4cc5c(cc4C)-c4ccccc4C5(C)C)cc1C3(C)C)C(C)(C)c1ccccc1-2. The number of aryl methyl sites for hydroxylation is 4. The van der Waals surface area contributed by atoms with Gasteiger partial charge in [0.2, 0.25) is 0 Å². The van der Waals surface area contributed by atoms with Crippen LogP contribution in [0.3, 0.4) is 0 Å². The molecule has 0 saturated carbocycles. The molecule has 0 nitrogen and oxygen atoms in total. The van der Waals surface area contributed by atoms with E-state index < -0.39 is 0 Å². The molecule has 0 bridgehead atoms. The van der Waals surface area contributed by atoms with Crippen LogP contribution in [-0.4, -0.2) is 0 Å². The summed E-state index contributed by atoms with van der Waals surface area (Å²) in [6, 6.07) is 37.8. The Hall–Kier alpha value is -4.68. The van der Waals surface area contributed by atoms with Gasteiger partial charge in [0.05, 0.1) is 0 Å². The van der Waals surface area contributed by atoms with E-state index in [0.717, 1.165) is 0 Å². The normalized spacial score (nSPS) is 16.4. The molecule has 0 unspecified atom stereocenters. The molecule has 6 aromatic carbocycles. The minimum absolute atomic E-state index is 0.0177. The average Bonchev–Trinajstić information content (AvgIpc) is 3.51. The van der Waals surface area contributed by atoms with Crippen molar-refractivity contribution >= 4 is 0 Å². The fourth-order valence-electron chi connectivity index (χ4n) is 9.91. The first-order valence-electron chi connectivity index (χ1n) is 18.0. The van der Waals surface area contributed by atoms with Crippen molar-refractivity contribution in [2.24, 2.45) is 0 Å². The molecule has 0 atom stereocenters. The summed E-state index contributed by atoms with van der Waals surface area (Å²) < 4.78 is 0. The predicted octanol–water partition coefficient (Wildman–Crippen LogP) is 13.2. The van der Waals surface area contributed by atoms with Gasteiger partial charge < -0.3 is 0 Å². The van der Waals surface area contributed by atoms with Crippen LogP contribution < -0.4 is 0 Å². The third kappa shape index (κ3) is 3.92. The highest BCUT2D eigenvalue weighted by Crippen LogP contribution is 2.55. The maximum atomic E-state index is 2.53. The summed E-state index contributed by atoms with van der Waals surface area (Å²) in [4.78, 5) is 0. The molecule has 0 saturated heterocycles. The Morgan fingerprint density at radius 1 is 0.265 bits per heavy atom. The summed E-state index contributed by atoms with van der Waals surface area (Å²) in [7, 11) is 0. The number of benzene rings is 6. The Kier molecular flexibility index (Phi) is 6.03. The largest absolute Gasteiger partial charge is 0.0619 e. The van der Waals surface area contributed by atoms with Gasteiger partial charge in [0.25, 0.3) is 0 Å². The fourth-order valence-corrected chi connectivity index (χ4v) is 9.91. The van der Waals surface area contributed by atoms with E-state index in [1.165, 1.54) is 111 Å². The lowest BCUT2D eigenvalue weighted by Crippen LogP contribution is -2.16. The highest BCUT2D eigenvalue weighted by molar-refractivity contribution is 5.92. The molecule has 3 aliphatic rings. The number of rotatable bonds is 2. The van der Waals surface area contributed by atoms with Gasteiger partial charge in [-0.25, -0.2) is 0 Å². The van der Waals surface area contributed by atoms with E-state index in [4.69, 9.17) is 0 Å². The smallest absolute Gasteiger partial charge is 0.0159 e. The van der Waals surface area contributed by atoms with Gasteiger partial charge in [0.1, 0.15) is 0 Å². The van der Waals surface area contributed by atoms with Crippen LogP contribution in [0.4, 0.5) is 0 Å². The second-order valence-corrected chi connectivity index (χ2v) is 16.8. The molecular formula is C49H46. The molecule has 0 heterocycles. The van der Waals surface area contributed by atoms with Gasteiger partial charge in [0, 0.05) is 16.2 Å². The summed E-state index contributed by atoms with van der Waals surface area (Å²) in [5.74, 6) is 0. The number of fused-ring (bicyclic) bond motifs is 9. The predicted molar refractivity (Wildman–Crippen MR) is 209 cm³/mol. The molecule has 0 aromatic heterocycles. The van der Waals surface area contributed by atoms with Crippen molar-refractivity contribution in [3.63, 3.8) is 0 Å². The summed E-state index contributed by atoms with van der Waals surface area (Å²) in [5.41, 5.74) is 27.6. The maximum absolute atomic E-state index is 2.53. The zero-order valence-corrected chi connectivity index (χ0v) is 30.7. The average molecular weight is 635 g/mol. The number of hydrogen-bond acceptors (Lipinski definition) is 0. The van der Waals surface area contributed by atoms with Gasteiger partial charge in [-0.2, -0.15) is 0 Å². The number of hydrogen-bond donors (Lipinski definition) is 0. The molecule has 0 N–H and O–H groups in total. The van der Waals surface area contributed by atoms with E-state index >= 15 is 0 Å². The summed E-state index contributed by atoms with van der Waals surface area (Å²) >= 11 is 0. The Labute approximate surface area is 292 Å². The van der Waals surface area contributed by atoms with Gasteiger partial charge in [0.15, 0.2) is 0 Å². The van der Waals surface area contributed by atoms with Crippen molar-refractivity contribution in [1.29, 1.82) is 0 Å². The van der Waals surface area contributed by atoms with Crippen molar-refractivity contribution in [3.8, 4) is 55.6 Å². The molecule has 0 aliphatic heterocycles. The maximum Gasteiger partial charge on any atom is 0.0159 e. The highest BCUT2D eigenvalue weighted by atomic mass is 14.4. The molecule has 3 aliphatic carbocycles.